The number of hydrogen-bond donors (Lipinski definition) is 1. The molecule has 4 heteroatoms. The first-order valence-corrected chi connectivity index (χ1v) is 7.49. The van der Waals surface area contributed by atoms with Crippen molar-refractivity contribution in [1.82, 2.24) is 5.32 Å². The maximum Gasteiger partial charge on any atom is 0.252 e. The van der Waals surface area contributed by atoms with Gasteiger partial charge in [0.25, 0.3) is 5.91 Å². The lowest BCUT2D eigenvalue weighted by Gasteiger charge is -2.15. The van der Waals surface area contributed by atoms with Gasteiger partial charge in [-0.15, -0.1) is 11.6 Å². The monoisotopic (exact) mass is 329 g/mol. The Morgan fingerprint density at radius 3 is 2.89 bits per heavy atom. The largest absolute Gasteiger partial charge is 0.352 e. The van der Waals surface area contributed by atoms with Crippen LogP contribution in [0.4, 0.5) is 0 Å². The zero-order chi connectivity index (χ0) is 13.1. The van der Waals surface area contributed by atoms with E-state index in [1.54, 1.807) is 0 Å². The van der Waals surface area contributed by atoms with Crippen molar-refractivity contribution in [2.75, 3.05) is 6.54 Å². The number of halogens is 2. The maximum atomic E-state index is 12.1. The molecule has 2 nitrogen and oxygen atoms in total. The van der Waals surface area contributed by atoms with Crippen molar-refractivity contribution >= 4 is 33.4 Å². The molecule has 1 aromatic rings. The third kappa shape index (κ3) is 3.27. The summed E-state index contributed by atoms with van der Waals surface area (Å²) < 4.78 is 0.842. The fraction of sp³-hybridized carbons (Fsp3) is 0.500. The van der Waals surface area contributed by atoms with Crippen LogP contribution < -0.4 is 5.32 Å². The topological polar surface area (TPSA) is 29.1 Å². The Labute approximate surface area is 121 Å². The van der Waals surface area contributed by atoms with Crippen LogP contribution in [0, 0.1) is 12.8 Å². The second-order valence-corrected chi connectivity index (χ2v) is 6.32. The molecule has 0 saturated heterocycles. The average molecular weight is 331 g/mol. The number of amides is 1. The van der Waals surface area contributed by atoms with E-state index in [4.69, 9.17) is 11.6 Å². The van der Waals surface area contributed by atoms with E-state index in [1.807, 2.05) is 25.1 Å². The summed E-state index contributed by atoms with van der Waals surface area (Å²) in [6, 6.07) is 5.75. The van der Waals surface area contributed by atoms with Gasteiger partial charge in [-0.25, -0.2) is 0 Å². The highest BCUT2D eigenvalue weighted by molar-refractivity contribution is 9.10. The molecule has 0 heterocycles. The maximum absolute atomic E-state index is 12.1. The number of aryl methyl sites for hydroxylation is 1. The predicted octanol–water partition coefficient (Wildman–Crippen LogP) is 3.89. The number of benzene rings is 1. The highest BCUT2D eigenvalue weighted by atomic mass is 79.9. The third-order valence-electron chi connectivity index (χ3n) is 3.46. The number of carbonyl (C=O) groups is 1. The van der Waals surface area contributed by atoms with Gasteiger partial charge < -0.3 is 5.32 Å². The van der Waals surface area contributed by atoms with Crippen LogP contribution in [0.5, 0.6) is 0 Å². The van der Waals surface area contributed by atoms with E-state index in [0.717, 1.165) is 22.9 Å². The van der Waals surface area contributed by atoms with Crippen molar-refractivity contribution < 1.29 is 4.79 Å². The zero-order valence-corrected chi connectivity index (χ0v) is 12.7. The van der Waals surface area contributed by atoms with Crippen LogP contribution in [0.1, 0.15) is 35.2 Å². The minimum absolute atomic E-state index is 0.0300. The van der Waals surface area contributed by atoms with E-state index in [1.165, 1.54) is 6.42 Å². The Bertz CT molecular complexity index is 449. The van der Waals surface area contributed by atoms with Crippen LogP contribution in [-0.4, -0.2) is 17.8 Å². The van der Waals surface area contributed by atoms with Gasteiger partial charge in [0.2, 0.25) is 0 Å². The zero-order valence-electron chi connectivity index (χ0n) is 10.4. The lowest BCUT2D eigenvalue weighted by Crippen LogP contribution is -2.31. The van der Waals surface area contributed by atoms with Crippen molar-refractivity contribution in [3.8, 4) is 0 Å². The number of alkyl halides is 1. The number of carbonyl (C=O) groups excluding carboxylic acids is 1. The fourth-order valence-corrected chi connectivity index (χ4v) is 3.39. The van der Waals surface area contributed by atoms with E-state index in [9.17, 15) is 4.79 Å². The van der Waals surface area contributed by atoms with Crippen molar-refractivity contribution in [3.05, 3.63) is 33.8 Å². The van der Waals surface area contributed by atoms with E-state index >= 15 is 0 Å². The summed E-state index contributed by atoms with van der Waals surface area (Å²) in [5.74, 6) is 0.387. The smallest absolute Gasteiger partial charge is 0.252 e. The van der Waals surface area contributed by atoms with Gasteiger partial charge in [0, 0.05) is 16.4 Å². The van der Waals surface area contributed by atoms with Gasteiger partial charge in [0.1, 0.15) is 0 Å². The molecule has 0 spiro atoms. The van der Waals surface area contributed by atoms with Gasteiger partial charge in [-0.1, -0.05) is 12.5 Å². The van der Waals surface area contributed by atoms with Crippen molar-refractivity contribution in [2.24, 2.45) is 5.92 Å². The molecule has 1 amide bonds. The molecule has 98 valence electrons. The Morgan fingerprint density at radius 1 is 1.50 bits per heavy atom. The second-order valence-electron chi connectivity index (χ2n) is 4.90. The Balaban J connectivity index is 1.95. The van der Waals surface area contributed by atoms with Crippen LogP contribution in [0.15, 0.2) is 22.7 Å². The normalized spacial score (nSPS) is 23.1. The molecule has 1 aromatic carbocycles. The summed E-state index contributed by atoms with van der Waals surface area (Å²) in [4.78, 5) is 12.1. The summed E-state index contributed by atoms with van der Waals surface area (Å²) in [7, 11) is 0. The molecule has 1 aliphatic rings. The van der Waals surface area contributed by atoms with Crippen LogP contribution in [-0.2, 0) is 0 Å². The lowest BCUT2D eigenvalue weighted by atomic mass is 10.1. The molecule has 2 unspecified atom stereocenters. The van der Waals surface area contributed by atoms with E-state index < -0.39 is 0 Å². The molecule has 2 atom stereocenters. The molecule has 18 heavy (non-hydrogen) atoms. The Hall–Kier alpha value is -0.540. The lowest BCUT2D eigenvalue weighted by molar-refractivity contribution is 0.0947. The standard InChI is InChI=1S/C14H17BrClNO/c1-9-5-6-11(12(15)7-9)14(18)17-8-10-3-2-4-13(10)16/h5-7,10,13H,2-4,8H2,1H3,(H,17,18). The van der Waals surface area contributed by atoms with Gasteiger partial charge in [-0.2, -0.15) is 0 Å². The summed E-state index contributed by atoms with van der Waals surface area (Å²) in [5, 5.41) is 3.19. The van der Waals surface area contributed by atoms with E-state index in [0.29, 0.717) is 18.0 Å². The summed E-state index contributed by atoms with van der Waals surface area (Å²) >= 11 is 9.63. The van der Waals surface area contributed by atoms with Crippen LogP contribution in [0.25, 0.3) is 0 Å². The molecule has 1 N–H and O–H groups in total. The first kappa shape index (κ1) is 13.9. The molecule has 1 saturated carbocycles. The van der Waals surface area contributed by atoms with Crippen molar-refractivity contribution in [3.63, 3.8) is 0 Å². The first-order chi connectivity index (χ1) is 8.58. The summed E-state index contributed by atoms with van der Waals surface area (Å²) in [5.41, 5.74) is 1.82. The van der Waals surface area contributed by atoms with Gasteiger partial charge in [0.05, 0.1) is 5.56 Å². The molecule has 1 fully saturated rings. The molecule has 0 radical (unpaired) electrons. The molecular formula is C14H17BrClNO. The molecule has 0 aromatic heterocycles. The Kier molecular flexibility index (Phi) is 4.68. The predicted molar refractivity (Wildman–Crippen MR) is 78.2 cm³/mol. The van der Waals surface area contributed by atoms with Crippen LogP contribution in [0.2, 0.25) is 0 Å². The highest BCUT2D eigenvalue weighted by Crippen LogP contribution is 2.29. The average Bonchev–Trinajstić information content (AvgIpc) is 2.72. The summed E-state index contributed by atoms with van der Waals surface area (Å²) in [6.07, 6.45) is 3.35. The quantitative estimate of drug-likeness (QED) is 0.837. The molecular weight excluding hydrogens is 314 g/mol. The SMILES string of the molecule is Cc1ccc(C(=O)NCC2CCCC2Cl)c(Br)c1. The molecule has 2 rings (SSSR count). The van der Waals surface area contributed by atoms with Gasteiger partial charge in [-0.3, -0.25) is 4.79 Å². The van der Waals surface area contributed by atoms with Gasteiger partial charge >= 0.3 is 0 Å². The van der Waals surface area contributed by atoms with E-state index in [2.05, 4.69) is 21.2 Å². The molecule has 0 aliphatic heterocycles. The van der Waals surface area contributed by atoms with Crippen molar-refractivity contribution in [1.29, 1.82) is 0 Å². The van der Waals surface area contributed by atoms with Gasteiger partial charge in [-0.05, 0) is 59.3 Å². The third-order valence-corrected chi connectivity index (χ3v) is 4.69. The van der Waals surface area contributed by atoms with E-state index in [-0.39, 0.29) is 11.3 Å². The second kappa shape index (κ2) is 6.07. The number of hydrogen-bond acceptors (Lipinski definition) is 1. The minimum Gasteiger partial charge on any atom is -0.352 e. The van der Waals surface area contributed by atoms with Crippen LogP contribution >= 0.6 is 27.5 Å². The fourth-order valence-electron chi connectivity index (χ4n) is 2.34. The highest BCUT2D eigenvalue weighted by Gasteiger charge is 2.25. The van der Waals surface area contributed by atoms with Gasteiger partial charge in [0.15, 0.2) is 0 Å². The number of rotatable bonds is 3. The van der Waals surface area contributed by atoms with Crippen molar-refractivity contribution in [2.45, 2.75) is 31.6 Å². The molecule has 0 bridgehead atoms. The van der Waals surface area contributed by atoms with Crippen LogP contribution in [0.3, 0.4) is 0 Å². The minimum atomic E-state index is -0.0300. The Morgan fingerprint density at radius 2 is 2.28 bits per heavy atom. The molecule has 1 aliphatic carbocycles. The summed E-state index contributed by atoms with van der Waals surface area (Å²) in [6.45, 7) is 2.68. The first-order valence-electron chi connectivity index (χ1n) is 6.26. The number of nitrogens with one attached hydrogen (secondary N) is 1.